The lowest BCUT2D eigenvalue weighted by molar-refractivity contribution is 0.156. The first-order valence-corrected chi connectivity index (χ1v) is 8.90. The molecule has 0 aliphatic heterocycles. The summed E-state index contributed by atoms with van der Waals surface area (Å²) in [6, 6.07) is 6.17. The van der Waals surface area contributed by atoms with Gasteiger partial charge in [-0.1, -0.05) is 26.8 Å². The second-order valence-electron chi connectivity index (χ2n) is 7.17. The number of halogens is 1. The van der Waals surface area contributed by atoms with Gasteiger partial charge in [0.25, 0.3) is 0 Å². The predicted molar refractivity (Wildman–Crippen MR) is 85.9 cm³/mol. The smallest absolute Gasteiger partial charge is 0.124 e. The maximum atomic E-state index is 13.4. The predicted octanol–water partition coefficient (Wildman–Crippen LogP) is 3.72. The van der Waals surface area contributed by atoms with Crippen molar-refractivity contribution in [3.8, 4) is 0 Å². The summed E-state index contributed by atoms with van der Waals surface area (Å²) in [4.78, 5) is 0.591. The zero-order chi connectivity index (χ0) is 15.6. The van der Waals surface area contributed by atoms with Crippen LogP contribution in [-0.2, 0) is 10.8 Å². The van der Waals surface area contributed by atoms with E-state index in [2.05, 4.69) is 20.8 Å². The van der Waals surface area contributed by atoms with Gasteiger partial charge in [-0.3, -0.25) is 4.21 Å². The molecule has 4 atom stereocenters. The van der Waals surface area contributed by atoms with Crippen molar-refractivity contribution in [3.05, 3.63) is 30.1 Å². The second kappa shape index (κ2) is 6.57. The molecule has 0 spiro atoms. The summed E-state index contributed by atoms with van der Waals surface area (Å²) >= 11 is 0. The maximum absolute atomic E-state index is 13.4. The zero-order valence-corrected chi connectivity index (χ0v) is 14.0. The van der Waals surface area contributed by atoms with E-state index in [0.29, 0.717) is 17.4 Å². The molecule has 2 rings (SSSR count). The monoisotopic (exact) mass is 311 g/mol. The van der Waals surface area contributed by atoms with Crippen LogP contribution in [0, 0.1) is 23.1 Å². The molecule has 0 aromatic heterocycles. The number of rotatable bonds is 3. The highest BCUT2D eigenvalue weighted by Crippen LogP contribution is 2.42. The lowest BCUT2D eigenvalue weighted by Crippen LogP contribution is -2.40. The molecule has 0 heterocycles. The molecule has 1 aliphatic rings. The Balaban J connectivity index is 2.23. The third kappa shape index (κ3) is 3.92. The minimum atomic E-state index is -1.19. The van der Waals surface area contributed by atoms with E-state index in [0.717, 1.165) is 19.3 Å². The lowest BCUT2D eigenvalue weighted by Gasteiger charge is -2.41. The van der Waals surface area contributed by atoms with Gasteiger partial charge in [0.1, 0.15) is 5.82 Å². The fourth-order valence-electron chi connectivity index (χ4n) is 3.28. The molecule has 2 N–H and O–H groups in total. The van der Waals surface area contributed by atoms with E-state index < -0.39 is 10.8 Å². The Morgan fingerprint density at radius 3 is 2.62 bits per heavy atom. The minimum Gasteiger partial charge on any atom is -0.330 e. The van der Waals surface area contributed by atoms with Crippen molar-refractivity contribution < 1.29 is 8.60 Å². The molecule has 1 fully saturated rings. The van der Waals surface area contributed by atoms with Gasteiger partial charge in [-0.15, -0.1) is 0 Å². The summed E-state index contributed by atoms with van der Waals surface area (Å²) in [5.74, 6) is 0.490. The molecule has 118 valence electrons. The third-order valence-corrected chi connectivity index (χ3v) is 6.61. The molecule has 1 aromatic carbocycles. The van der Waals surface area contributed by atoms with Crippen LogP contribution in [0.3, 0.4) is 0 Å². The van der Waals surface area contributed by atoms with Crippen molar-refractivity contribution in [2.75, 3.05) is 6.54 Å². The van der Waals surface area contributed by atoms with Gasteiger partial charge < -0.3 is 5.73 Å². The quantitative estimate of drug-likeness (QED) is 0.924. The van der Waals surface area contributed by atoms with Crippen LogP contribution in [0.4, 0.5) is 4.39 Å². The number of nitrogens with two attached hydrogens (primary N) is 1. The van der Waals surface area contributed by atoms with Crippen molar-refractivity contribution in [1.82, 2.24) is 0 Å². The fraction of sp³-hybridized carbons (Fsp3) is 0.647. The van der Waals surface area contributed by atoms with Crippen molar-refractivity contribution in [2.45, 2.75) is 50.2 Å². The van der Waals surface area contributed by atoms with Gasteiger partial charge in [-0.25, -0.2) is 4.39 Å². The van der Waals surface area contributed by atoms with Gasteiger partial charge in [0.2, 0.25) is 0 Å². The van der Waals surface area contributed by atoms with Crippen molar-refractivity contribution in [3.63, 3.8) is 0 Å². The van der Waals surface area contributed by atoms with Crippen molar-refractivity contribution in [2.24, 2.45) is 23.0 Å². The molecule has 0 saturated heterocycles. The van der Waals surface area contributed by atoms with Gasteiger partial charge >= 0.3 is 0 Å². The normalized spacial score (nSPS) is 28.3. The Hall–Kier alpha value is -0.740. The molecule has 4 heteroatoms. The van der Waals surface area contributed by atoms with E-state index >= 15 is 0 Å². The number of hydrogen-bond acceptors (Lipinski definition) is 2. The fourth-order valence-corrected chi connectivity index (χ4v) is 5.07. The van der Waals surface area contributed by atoms with Gasteiger partial charge in [-0.2, -0.15) is 0 Å². The van der Waals surface area contributed by atoms with Gasteiger partial charge in [0.05, 0.1) is 10.8 Å². The van der Waals surface area contributed by atoms with Gasteiger partial charge in [0.15, 0.2) is 0 Å². The lowest BCUT2D eigenvalue weighted by atomic mass is 9.69. The average Bonchev–Trinajstić information content (AvgIpc) is 2.44. The Bertz CT molecular complexity index is 512. The average molecular weight is 311 g/mol. The van der Waals surface area contributed by atoms with E-state index in [-0.39, 0.29) is 22.4 Å². The number of benzene rings is 1. The zero-order valence-electron chi connectivity index (χ0n) is 13.1. The Morgan fingerprint density at radius 1 is 1.33 bits per heavy atom. The van der Waals surface area contributed by atoms with Crippen LogP contribution in [0.15, 0.2) is 29.2 Å². The molecular weight excluding hydrogens is 285 g/mol. The van der Waals surface area contributed by atoms with Crippen LogP contribution >= 0.6 is 0 Å². The van der Waals surface area contributed by atoms with Crippen LogP contribution < -0.4 is 5.73 Å². The van der Waals surface area contributed by atoms with E-state index in [1.54, 1.807) is 12.1 Å². The topological polar surface area (TPSA) is 43.1 Å². The Labute approximate surface area is 129 Å². The first kappa shape index (κ1) is 16.6. The first-order chi connectivity index (χ1) is 9.82. The summed E-state index contributed by atoms with van der Waals surface area (Å²) in [7, 11) is -1.19. The molecule has 21 heavy (non-hydrogen) atoms. The van der Waals surface area contributed by atoms with E-state index in [1.165, 1.54) is 12.1 Å². The highest BCUT2D eigenvalue weighted by Gasteiger charge is 2.38. The highest BCUT2D eigenvalue weighted by atomic mass is 32.2. The van der Waals surface area contributed by atoms with Gasteiger partial charge in [0, 0.05) is 10.1 Å². The molecule has 1 aliphatic carbocycles. The molecule has 0 bridgehead atoms. The maximum Gasteiger partial charge on any atom is 0.124 e. The molecule has 4 unspecified atom stereocenters. The van der Waals surface area contributed by atoms with Crippen molar-refractivity contribution >= 4 is 10.8 Å². The standard InChI is InChI=1S/C17H26FNOS/c1-17(2,3)13-8-7-12(11-19)16(9-13)21(20)15-6-4-5-14(18)10-15/h4-6,10,12-13,16H,7-9,11,19H2,1-3H3. The van der Waals surface area contributed by atoms with Crippen LogP contribution in [0.2, 0.25) is 0 Å². The number of hydrogen-bond donors (Lipinski definition) is 1. The summed E-state index contributed by atoms with van der Waals surface area (Å²) in [6.07, 6.45) is 3.07. The van der Waals surface area contributed by atoms with Gasteiger partial charge in [-0.05, 0) is 61.3 Å². The summed E-state index contributed by atoms with van der Waals surface area (Å²) < 4.78 is 26.3. The van der Waals surface area contributed by atoms with E-state index in [9.17, 15) is 8.60 Å². The molecule has 0 amide bonds. The third-order valence-electron chi connectivity index (χ3n) is 4.76. The highest BCUT2D eigenvalue weighted by molar-refractivity contribution is 7.85. The molecular formula is C17H26FNOS. The summed E-state index contributed by atoms with van der Waals surface area (Å²) in [5, 5.41) is 0.0368. The largest absolute Gasteiger partial charge is 0.330 e. The van der Waals surface area contributed by atoms with Crippen LogP contribution in [0.1, 0.15) is 40.0 Å². The minimum absolute atomic E-state index is 0.0368. The first-order valence-electron chi connectivity index (χ1n) is 7.69. The molecule has 1 saturated carbocycles. The van der Waals surface area contributed by atoms with E-state index in [4.69, 9.17) is 5.73 Å². The van der Waals surface area contributed by atoms with Crippen molar-refractivity contribution in [1.29, 1.82) is 0 Å². The van der Waals surface area contributed by atoms with E-state index in [1.807, 2.05) is 0 Å². The van der Waals surface area contributed by atoms with Crippen LogP contribution in [0.5, 0.6) is 0 Å². The van der Waals surface area contributed by atoms with Crippen LogP contribution in [-0.4, -0.2) is 16.0 Å². The molecule has 0 radical (unpaired) electrons. The SMILES string of the molecule is CC(C)(C)C1CCC(CN)C(S(=O)c2cccc(F)c2)C1. The Kier molecular flexibility index (Phi) is 5.20. The summed E-state index contributed by atoms with van der Waals surface area (Å²) in [6.45, 7) is 7.27. The summed E-state index contributed by atoms with van der Waals surface area (Å²) in [5.41, 5.74) is 6.10. The Morgan fingerprint density at radius 2 is 2.05 bits per heavy atom. The molecule has 1 aromatic rings. The van der Waals surface area contributed by atoms with Crippen LogP contribution in [0.25, 0.3) is 0 Å². The molecule has 2 nitrogen and oxygen atoms in total. The second-order valence-corrected chi connectivity index (χ2v) is 8.84.